The fourth-order valence-corrected chi connectivity index (χ4v) is 3.66. The van der Waals surface area contributed by atoms with Gasteiger partial charge in [0.25, 0.3) is 0 Å². The van der Waals surface area contributed by atoms with E-state index in [-0.39, 0.29) is 11.7 Å². The lowest BCUT2D eigenvalue weighted by molar-refractivity contribution is -0.907. The molecule has 0 saturated carbocycles. The molecule has 1 unspecified atom stereocenters. The summed E-state index contributed by atoms with van der Waals surface area (Å²) < 4.78 is 15.5. The van der Waals surface area contributed by atoms with Gasteiger partial charge in [0.15, 0.2) is 0 Å². The van der Waals surface area contributed by atoms with E-state index in [1.54, 1.807) is 11.8 Å². The second-order valence-electron chi connectivity index (χ2n) is 6.33. The maximum absolute atomic E-state index is 14.7. The van der Waals surface area contributed by atoms with Crippen LogP contribution < -0.4 is 10.0 Å². The smallest absolute Gasteiger partial charge is 0.314 e. The first kappa shape index (κ1) is 17.5. The van der Waals surface area contributed by atoms with Crippen molar-refractivity contribution in [2.24, 2.45) is 0 Å². The largest absolute Gasteiger partial charge is 0.373 e. The maximum atomic E-state index is 14.7. The van der Waals surface area contributed by atoms with E-state index in [4.69, 9.17) is 0 Å². The maximum Gasteiger partial charge on any atom is 0.314 e. The highest BCUT2D eigenvalue weighted by atomic mass is 32.2. The molecular formula is C20H22FN2OS+. The molecule has 0 aromatic carbocycles. The van der Waals surface area contributed by atoms with Gasteiger partial charge >= 0.3 is 5.69 Å². The van der Waals surface area contributed by atoms with Gasteiger partial charge < -0.3 is 5.32 Å². The van der Waals surface area contributed by atoms with Crippen LogP contribution in [-0.4, -0.2) is 17.0 Å². The lowest BCUT2D eigenvalue weighted by atomic mass is 10.0. The van der Waals surface area contributed by atoms with Crippen LogP contribution in [0.4, 0.5) is 4.39 Å². The summed E-state index contributed by atoms with van der Waals surface area (Å²) in [5.74, 6) is 0.358. The molecule has 0 spiro atoms. The molecular weight excluding hydrogens is 335 g/mol. The van der Waals surface area contributed by atoms with Gasteiger partial charge in [-0.3, -0.25) is 5.21 Å². The Morgan fingerprint density at radius 3 is 2.92 bits per heavy atom. The molecule has 3 nitrogen and oxygen atoms in total. The van der Waals surface area contributed by atoms with E-state index < -0.39 is 5.82 Å². The minimum Gasteiger partial charge on any atom is -0.373 e. The average Bonchev–Trinajstić information content (AvgIpc) is 2.99. The summed E-state index contributed by atoms with van der Waals surface area (Å²) >= 11 is 1.68. The van der Waals surface area contributed by atoms with Crippen molar-refractivity contribution < 1.29 is 14.3 Å². The fourth-order valence-electron chi connectivity index (χ4n) is 2.84. The van der Waals surface area contributed by atoms with Gasteiger partial charge in [-0.1, -0.05) is 42.0 Å². The normalized spacial score (nSPS) is 19.8. The number of hydrogen-bond donors (Lipinski definition) is 2. The van der Waals surface area contributed by atoms with Crippen LogP contribution in [0.25, 0.3) is 11.3 Å². The van der Waals surface area contributed by atoms with E-state index in [1.165, 1.54) is 17.8 Å². The minimum atomic E-state index is -0.510. The first-order chi connectivity index (χ1) is 12.0. The van der Waals surface area contributed by atoms with Gasteiger partial charge in [-0.2, -0.15) is 4.39 Å². The van der Waals surface area contributed by atoms with E-state index in [0.717, 1.165) is 28.1 Å². The van der Waals surface area contributed by atoms with Crippen LogP contribution in [0, 0.1) is 5.82 Å². The highest BCUT2D eigenvalue weighted by Crippen LogP contribution is 2.25. The summed E-state index contributed by atoms with van der Waals surface area (Å²) in [4.78, 5) is 0. The number of rotatable bonds is 4. The Hall–Kier alpha value is -2.27. The fraction of sp³-hybridized carbons (Fsp3) is 0.250. The average molecular weight is 357 g/mol. The number of allylic oxidation sites excluding steroid dienone is 6. The third-order valence-corrected chi connectivity index (χ3v) is 5.33. The summed E-state index contributed by atoms with van der Waals surface area (Å²) in [6.45, 7) is 8.00. The van der Waals surface area contributed by atoms with Crippen LogP contribution in [0.1, 0.15) is 31.5 Å². The van der Waals surface area contributed by atoms with Crippen LogP contribution in [-0.2, 0) is 0 Å². The molecule has 2 N–H and O–H groups in total. The van der Waals surface area contributed by atoms with E-state index in [9.17, 15) is 9.60 Å². The molecule has 5 heteroatoms. The minimum absolute atomic E-state index is 0.0516. The second-order valence-corrected chi connectivity index (χ2v) is 7.27. The van der Waals surface area contributed by atoms with E-state index >= 15 is 0 Å². The molecule has 25 heavy (non-hydrogen) atoms. The number of halogens is 1. The standard InChI is InChI=1S/C20H22FN2OS/c1-13-5-4-6-16(9-14(13)2)17-10-19(21)20(23(24)11-17)15(3)22-18-7-8-25-12-18/h4,6-11,18,22,24H,3,5,12H2,1-2H3/q+1. The second kappa shape index (κ2) is 7.31. The summed E-state index contributed by atoms with van der Waals surface area (Å²) in [5.41, 5.74) is 4.34. The van der Waals surface area contributed by atoms with Crippen molar-refractivity contribution in [3.63, 3.8) is 0 Å². The number of thioether (sulfide) groups is 1. The number of aromatic nitrogens is 1. The third kappa shape index (κ3) is 3.87. The molecule has 0 fully saturated rings. The molecule has 1 atom stereocenters. The quantitative estimate of drug-likeness (QED) is 0.626. The molecule has 1 aliphatic carbocycles. The summed E-state index contributed by atoms with van der Waals surface area (Å²) in [7, 11) is 0. The van der Waals surface area contributed by atoms with Crippen LogP contribution in [0.15, 0.2) is 59.7 Å². The van der Waals surface area contributed by atoms with E-state index in [0.29, 0.717) is 11.3 Å². The van der Waals surface area contributed by atoms with Crippen LogP contribution in [0.2, 0.25) is 0 Å². The first-order valence-electron chi connectivity index (χ1n) is 8.19. The number of nitrogens with zero attached hydrogens (tertiary/aromatic N) is 1. The Balaban J connectivity index is 1.91. The Morgan fingerprint density at radius 1 is 1.44 bits per heavy atom. The zero-order valence-corrected chi connectivity index (χ0v) is 15.2. The van der Waals surface area contributed by atoms with Crippen molar-refractivity contribution in [3.8, 4) is 0 Å². The van der Waals surface area contributed by atoms with Gasteiger partial charge in [-0.15, -0.1) is 11.8 Å². The Bertz CT molecular complexity index is 813. The monoisotopic (exact) mass is 357 g/mol. The Morgan fingerprint density at radius 2 is 2.24 bits per heavy atom. The summed E-state index contributed by atoms with van der Waals surface area (Å²) in [6, 6.07) is 1.54. The molecule has 0 amide bonds. The lowest BCUT2D eigenvalue weighted by Crippen LogP contribution is -2.40. The van der Waals surface area contributed by atoms with Crippen LogP contribution >= 0.6 is 11.8 Å². The highest BCUT2D eigenvalue weighted by Gasteiger charge is 2.25. The first-order valence-corrected chi connectivity index (χ1v) is 9.24. The van der Waals surface area contributed by atoms with Crippen molar-refractivity contribution in [2.75, 3.05) is 5.75 Å². The zero-order valence-electron chi connectivity index (χ0n) is 14.4. The van der Waals surface area contributed by atoms with Gasteiger partial charge in [0, 0.05) is 10.5 Å². The highest BCUT2D eigenvalue weighted by molar-refractivity contribution is 8.02. The van der Waals surface area contributed by atoms with E-state index in [1.807, 2.05) is 30.6 Å². The van der Waals surface area contributed by atoms with Crippen LogP contribution in [0.5, 0.6) is 0 Å². The topological polar surface area (TPSA) is 36.1 Å². The van der Waals surface area contributed by atoms with Crippen molar-refractivity contribution in [2.45, 2.75) is 26.3 Å². The molecule has 2 aliphatic rings. The van der Waals surface area contributed by atoms with E-state index in [2.05, 4.69) is 24.9 Å². The molecule has 2 heterocycles. The molecule has 1 aromatic rings. The van der Waals surface area contributed by atoms with Gasteiger partial charge in [0.1, 0.15) is 5.70 Å². The van der Waals surface area contributed by atoms with Gasteiger partial charge in [0.05, 0.1) is 11.6 Å². The molecule has 3 rings (SSSR count). The van der Waals surface area contributed by atoms with Gasteiger partial charge in [0.2, 0.25) is 12.0 Å². The van der Waals surface area contributed by atoms with Crippen molar-refractivity contribution in [3.05, 3.63) is 76.8 Å². The number of nitrogens with one attached hydrogen (secondary N) is 1. The lowest BCUT2D eigenvalue weighted by Gasteiger charge is -2.12. The van der Waals surface area contributed by atoms with Crippen molar-refractivity contribution >= 4 is 23.0 Å². The molecule has 0 saturated heterocycles. The Labute approximate surface area is 151 Å². The number of hydrogen-bond acceptors (Lipinski definition) is 3. The molecule has 1 aliphatic heterocycles. The molecule has 0 radical (unpaired) electrons. The predicted octanol–water partition coefficient (Wildman–Crippen LogP) is 4.22. The summed E-state index contributed by atoms with van der Waals surface area (Å²) in [5, 5.41) is 15.5. The van der Waals surface area contributed by atoms with Crippen molar-refractivity contribution in [1.29, 1.82) is 0 Å². The SMILES string of the molecule is C=C(NC1C=CSC1)c1c(F)cc(C2=CC(C)=C(C)CC=C2)c[n+]1O. The molecule has 130 valence electrons. The van der Waals surface area contributed by atoms with Crippen LogP contribution in [0.3, 0.4) is 0 Å². The Kier molecular flexibility index (Phi) is 5.13. The van der Waals surface area contributed by atoms with Gasteiger partial charge in [-0.25, -0.2) is 0 Å². The van der Waals surface area contributed by atoms with Gasteiger partial charge in [-0.05, 0) is 37.3 Å². The summed E-state index contributed by atoms with van der Waals surface area (Å²) in [6.07, 6.45) is 10.4. The zero-order chi connectivity index (χ0) is 18.0. The van der Waals surface area contributed by atoms with Crippen molar-refractivity contribution in [1.82, 2.24) is 5.32 Å². The molecule has 1 aromatic heterocycles. The third-order valence-electron chi connectivity index (χ3n) is 4.43. The predicted molar refractivity (Wildman–Crippen MR) is 101 cm³/mol. The number of pyridine rings is 1. The molecule has 0 bridgehead atoms.